The quantitative estimate of drug-likeness (QED) is 0.414. The average molecular weight is 475 g/mol. The van der Waals surface area contributed by atoms with Crippen molar-refractivity contribution < 1.29 is 18.9 Å². The molecule has 0 atom stereocenters. The number of ether oxygens (including phenoxy) is 4. The number of aromatic nitrogens is 3. The van der Waals surface area contributed by atoms with Gasteiger partial charge in [0.2, 0.25) is 5.75 Å². The van der Waals surface area contributed by atoms with Crippen LogP contribution in [0.15, 0.2) is 30.3 Å². The molecule has 4 aromatic rings. The first-order chi connectivity index (χ1) is 17.1. The predicted octanol–water partition coefficient (Wildman–Crippen LogP) is 3.58. The number of hydrogen-bond acceptors (Lipinski definition) is 9. The molecule has 1 aliphatic heterocycles. The molecule has 2 aromatic heterocycles. The lowest BCUT2D eigenvalue weighted by Gasteiger charge is -2.25. The summed E-state index contributed by atoms with van der Waals surface area (Å²) in [5, 5.41) is 13.9. The van der Waals surface area contributed by atoms with Gasteiger partial charge in [0.25, 0.3) is 0 Å². The fraction of sp³-hybridized carbons (Fsp3) is 0.320. The summed E-state index contributed by atoms with van der Waals surface area (Å²) < 4.78 is 21.7. The maximum atomic E-state index is 9.80. The van der Waals surface area contributed by atoms with Crippen molar-refractivity contribution >= 4 is 33.4 Å². The Morgan fingerprint density at radius 1 is 1.03 bits per heavy atom. The van der Waals surface area contributed by atoms with Crippen molar-refractivity contribution in [3.8, 4) is 23.3 Å². The summed E-state index contributed by atoms with van der Waals surface area (Å²) in [6.45, 7) is 3.94. The van der Waals surface area contributed by atoms with Gasteiger partial charge in [-0.05, 0) is 12.1 Å². The molecule has 1 saturated heterocycles. The van der Waals surface area contributed by atoms with E-state index in [4.69, 9.17) is 28.9 Å². The van der Waals surface area contributed by atoms with Gasteiger partial charge in [0.1, 0.15) is 28.7 Å². The number of nitrogens with zero attached hydrogens (tertiary/aromatic N) is 4. The molecule has 10 heteroatoms. The zero-order valence-electron chi connectivity index (χ0n) is 19.8. The van der Waals surface area contributed by atoms with Gasteiger partial charge < -0.3 is 29.2 Å². The molecule has 1 aliphatic rings. The van der Waals surface area contributed by atoms with E-state index in [1.165, 1.54) is 0 Å². The number of nitrogens with one attached hydrogen (secondary N) is 2. The van der Waals surface area contributed by atoms with Crippen LogP contribution in [-0.2, 0) is 11.3 Å². The first-order valence-electron chi connectivity index (χ1n) is 11.2. The van der Waals surface area contributed by atoms with Crippen LogP contribution in [0.25, 0.3) is 21.9 Å². The molecule has 10 nitrogen and oxygen atoms in total. The van der Waals surface area contributed by atoms with Gasteiger partial charge in [0, 0.05) is 36.3 Å². The van der Waals surface area contributed by atoms with Crippen molar-refractivity contribution in [3.63, 3.8) is 0 Å². The fourth-order valence-electron chi connectivity index (χ4n) is 4.27. The Balaban J connectivity index is 1.55. The van der Waals surface area contributed by atoms with Gasteiger partial charge in [0.15, 0.2) is 11.5 Å². The number of imidazole rings is 1. The van der Waals surface area contributed by atoms with Crippen LogP contribution in [-0.4, -0.2) is 67.5 Å². The van der Waals surface area contributed by atoms with Crippen LogP contribution < -0.4 is 19.5 Å². The van der Waals surface area contributed by atoms with Gasteiger partial charge in [0.05, 0.1) is 52.2 Å². The number of morpholine rings is 1. The third-order valence-electron chi connectivity index (χ3n) is 6.01. The standard InChI is InChI=1S/C25H26N6O4/c1-32-19-11-17(12-20(33-2)24(19)34-3)27-25-16(13-26)10-15-4-5-18-23(22(15)30-25)29-21(28-18)14-31-6-8-35-9-7-31/h4-5,10-12H,6-9,14H2,1-3H3,(H,27,30)(H,28,29). The molecule has 180 valence electrons. The molecular weight excluding hydrogens is 448 g/mol. The lowest BCUT2D eigenvalue weighted by Crippen LogP contribution is -2.35. The highest BCUT2D eigenvalue weighted by Gasteiger charge is 2.18. The Hall–Kier alpha value is -4.07. The number of fused-ring (bicyclic) bond motifs is 3. The molecule has 5 rings (SSSR count). The van der Waals surface area contributed by atoms with E-state index in [0.29, 0.717) is 46.4 Å². The van der Waals surface area contributed by atoms with Crippen molar-refractivity contribution in [1.29, 1.82) is 5.26 Å². The molecule has 0 bridgehead atoms. The van der Waals surface area contributed by atoms with E-state index in [2.05, 4.69) is 21.3 Å². The number of methoxy groups -OCH3 is 3. The zero-order chi connectivity index (χ0) is 24.4. The van der Waals surface area contributed by atoms with Gasteiger partial charge in [-0.15, -0.1) is 0 Å². The second-order valence-corrected chi connectivity index (χ2v) is 8.14. The first kappa shape index (κ1) is 22.7. The van der Waals surface area contributed by atoms with E-state index in [-0.39, 0.29) is 0 Å². The molecule has 0 spiro atoms. The molecular formula is C25H26N6O4. The summed E-state index contributed by atoms with van der Waals surface area (Å²) in [5.41, 5.74) is 3.43. The summed E-state index contributed by atoms with van der Waals surface area (Å²) in [4.78, 5) is 15.4. The van der Waals surface area contributed by atoms with Gasteiger partial charge in [-0.3, -0.25) is 4.90 Å². The Bertz CT molecular complexity index is 1400. The topological polar surface area (TPSA) is 118 Å². The number of rotatable bonds is 7. The second kappa shape index (κ2) is 9.66. The summed E-state index contributed by atoms with van der Waals surface area (Å²) in [5.74, 6) is 2.77. The van der Waals surface area contributed by atoms with E-state index in [9.17, 15) is 5.26 Å². The highest BCUT2D eigenvalue weighted by Crippen LogP contribution is 2.41. The van der Waals surface area contributed by atoms with E-state index >= 15 is 0 Å². The molecule has 0 unspecified atom stereocenters. The Morgan fingerprint density at radius 3 is 2.43 bits per heavy atom. The maximum absolute atomic E-state index is 9.80. The van der Waals surface area contributed by atoms with E-state index < -0.39 is 0 Å². The second-order valence-electron chi connectivity index (χ2n) is 8.14. The smallest absolute Gasteiger partial charge is 0.203 e. The van der Waals surface area contributed by atoms with Crippen molar-refractivity contribution in [1.82, 2.24) is 19.9 Å². The lowest BCUT2D eigenvalue weighted by atomic mass is 10.1. The highest BCUT2D eigenvalue weighted by atomic mass is 16.5. The molecule has 0 amide bonds. The van der Waals surface area contributed by atoms with Crippen molar-refractivity contribution in [2.75, 3.05) is 52.9 Å². The summed E-state index contributed by atoms with van der Waals surface area (Å²) in [6, 6.07) is 11.5. The minimum atomic E-state index is 0.412. The van der Waals surface area contributed by atoms with Gasteiger partial charge in [-0.25, -0.2) is 9.97 Å². The third-order valence-corrected chi connectivity index (χ3v) is 6.01. The molecule has 0 saturated carbocycles. The number of pyridine rings is 1. The third kappa shape index (κ3) is 4.39. The number of hydrogen-bond donors (Lipinski definition) is 2. The van der Waals surface area contributed by atoms with Gasteiger partial charge in [-0.2, -0.15) is 5.26 Å². The van der Waals surface area contributed by atoms with Crippen LogP contribution in [0, 0.1) is 11.3 Å². The molecule has 1 fully saturated rings. The van der Waals surface area contributed by atoms with Crippen LogP contribution in [0.1, 0.15) is 11.4 Å². The minimum absolute atomic E-state index is 0.412. The van der Waals surface area contributed by atoms with Crippen LogP contribution in [0.4, 0.5) is 11.5 Å². The number of H-pyrrole nitrogens is 1. The monoisotopic (exact) mass is 474 g/mol. The number of anilines is 2. The molecule has 0 radical (unpaired) electrons. The maximum Gasteiger partial charge on any atom is 0.203 e. The van der Waals surface area contributed by atoms with E-state index in [1.54, 1.807) is 33.5 Å². The minimum Gasteiger partial charge on any atom is -0.493 e. The van der Waals surface area contributed by atoms with Crippen LogP contribution in [0.5, 0.6) is 17.2 Å². The van der Waals surface area contributed by atoms with Crippen molar-refractivity contribution in [2.24, 2.45) is 0 Å². The number of benzene rings is 2. The fourth-order valence-corrected chi connectivity index (χ4v) is 4.27. The van der Waals surface area contributed by atoms with Gasteiger partial charge >= 0.3 is 0 Å². The Labute approximate surface area is 202 Å². The van der Waals surface area contributed by atoms with Crippen molar-refractivity contribution in [3.05, 3.63) is 41.7 Å². The molecule has 3 heterocycles. The number of nitriles is 1. The lowest BCUT2D eigenvalue weighted by molar-refractivity contribution is 0.0332. The van der Waals surface area contributed by atoms with E-state index in [1.807, 2.05) is 18.2 Å². The van der Waals surface area contributed by atoms with Crippen LogP contribution in [0.2, 0.25) is 0 Å². The summed E-state index contributed by atoms with van der Waals surface area (Å²) in [6.07, 6.45) is 0. The SMILES string of the molecule is COc1cc(Nc2nc3c(ccc4[nH]c(CN5CCOCC5)nc43)cc2C#N)cc(OC)c1OC. The van der Waals surface area contributed by atoms with Gasteiger partial charge in [-0.1, -0.05) is 6.07 Å². The van der Waals surface area contributed by atoms with Crippen LogP contribution >= 0.6 is 0 Å². The predicted molar refractivity (Wildman–Crippen MR) is 132 cm³/mol. The van der Waals surface area contributed by atoms with Crippen LogP contribution in [0.3, 0.4) is 0 Å². The first-order valence-corrected chi connectivity index (χ1v) is 11.2. The summed E-state index contributed by atoms with van der Waals surface area (Å²) in [7, 11) is 4.66. The average Bonchev–Trinajstić information content (AvgIpc) is 3.31. The largest absolute Gasteiger partial charge is 0.493 e. The van der Waals surface area contributed by atoms with Crippen molar-refractivity contribution in [2.45, 2.75) is 6.54 Å². The zero-order valence-corrected chi connectivity index (χ0v) is 19.8. The summed E-state index contributed by atoms with van der Waals surface area (Å²) >= 11 is 0. The molecule has 35 heavy (non-hydrogen) atoms. The highest BCUT2D eigenvalue weighted by molar-refractivity contribution is 6.03. The Morgan fingerprint density at radius 2 is 1.77 bits per heavy atom. The molecule has 0 aliphatic carbocycles. The molecule has 2 N–H and O–H groups in total. The molecule has 2 aromatic carbocycles. The normalized spacial score (nSPS) is 14.1. The van der Waals surface area contributed by atoms with E-state index in [0.717, 1.165) is 48.5 Å². The Kier molecular flexibility index (Phi) is 6.27. The number of aromatic amines is 1.